The van der Waals surface area contributed by atoms with Gasteiger partial charge in [-0.15, -0.1) is 0 Å². The van der Waals surface area contributed by atoms with Crippen molar-refractivity contribution < 1.29 is 14.2 Å². The van der Waals surface area contributed by atoms with Crippen molar-refractivity contribution in [2.75, 3.05) is 24.0 Å². The maximum absolute atomic E-state index is 14.5. The van der Waals surface area contributed by atoms with E-state index in [1.807, 2.05) is 30.7 Å². The Hall–Kier alpha value is -3.49. The number of hydrogen-bond acceptors (Lipinski definition) is 8. The summed E-state index contributed by atoms with van der Waals surface area (Å²) in [7, 11) is 3.44. The predicted octanol–water partition coefficient (Wildman–Crippen LogP) is 2.89. The minimum atomic E-state index is -0.488. The number of hydrogen-bond donors (Lipinski definition) is 1. The molecule has 0 bridgehead atoms. The summed E-state index contributed by atoms with van der Waals surface area (Å²) in [6.45, 7) is 3.93. The third kappa shape index (κ3) is 3.28. The van der Waals surface area contributed by atoms with E-state index < -0.39 is 5.82 Å². The van der Waals surface area contributed by atoms with Crippen LogP contribution in [-0.4, -0.2) is 39.2 Å². The van der Waals surface area contributed by atoms with Crippen LogP contribution in [-0.2, 0) is 6.54 Å². The first kappa shape index (κ1) is 18.9. The minimum absolute atomic E-state index is 0.117. The Labute approximate surface area is 167 Å². The highest BCUT2D eigenvalue weighted by molar-refractivity contribution is 5.76. The molecule has 1 aromatic carbocycles. The zero-order valence-electron chi connectivity index (χ0n) is 16.6. The lowest BCUT2D eigenvalue weighted by Crippen LogP contribution is -2.33. The Morgan fingerprint density at radius 1 is 1.17 bits per heavy atom. The first-order chi connectivity index (χ1) is 13.9. The van der Waals surface area contributed by atoms with E-state index >= 15 is 0 Å². The van der Waals surface area contributed by atoms with E-state index in [0.717, 1.165) is 23.0 Å². The van der Waals surface area contributed by atoms with Crippen molar-refractivity contribution >= 4 is 11.5 Å². The fraction of sp³-hybridized carbons (Fsp3) is 0.300. The highest BCUT2D eigenvalue weighted by atomic mass is 19.1. The standard InChI is InChI=1S/C20H21FN6O2/c1-11-17-18(25-20(24-11)29-4)27(10-13-5-6-15(28)7-16(13)21)19(26(17)3)14-8-22-12(2)23-9-14/h5-9,19,28H,10H2,1-4H3. The number of fused-ring (bicyclic) bond motifs is 1. The molecule has 2 aromatic heterocycles. The molecule has 0 fully saturated rings. The molecule has 0 spiro atoms. The SMILES string of the molecule is COc1nc(C)c2c(n1)N(Cc1ccc(O)cc1F)C(c1cnc(C)nc1)N2C. The van der Waals surface area contributed by atoms with Gasteiger partial charge in [-0.3, -0.25) is 0 Å². The Balaban J connectivity index is 1.85. The molecule has 29 heavy (non-hydrogen) atoms. The van der Waals surface area contributed by atoms with E-state index in [1.165, 1.54) is 13.2 Å². The summed E-state index contributed by atoms with van der Waals surface area (Å²) in [5, 5.41) is 9.54. The fourth-order valence-corrected chi connectivity index (χ4v) is 3.63. The number of methoxy groups -OCH3 is 1. The molecule has 9 heteroatoms. The molecule has 3 heterocycles. The minimum Gasteiger partial charge on any atom is -0.508 e. The second-order valence-electron chi connectivity index (χ2n) is 6.92. The molecule has 0 saturated heterocycles. The van der Waals surface area contributed by atoms with Crippen molar-refractivity contribution in [2.45, 2.75) is 26.6 Å². The Bertz CT molecular complexity index is 1060. The fourth-order valence-electron chi connectivity index (χ4n) is 3.63. The highest BCUT2D eigenvalue weighted by Crippen LogP contribution is 2.46. The van der Waals surface area contributed by atoms with Crippen molar-refractivity contribution in [3.8, 4) is 11.8 Å². The Morgan fingerprint density at radius 2 is 1.90 bits per heavy atom. The maximum atomic E-state index is 14.5. The average Bonchev–Trinajstić information content (AvgIpc) is 2.96. The molecular formula is C20H21FN6O2. The van der Waals surface area contributed by atoms with Crippen LogP contribution in [0, 0.1) is 19.7 Å². The van der Waals surface area contributed by atoms with Crippen LogP contribution in [0.25, 0.3) is 0 Å². The highest BCUT2D eigenvalue weighted by Gasteiger charge is 2.39. The molecule has 0 aliphatic carbocycles. The summed E-state index contributed by atoms with van der Waals surface area (Å²) in [5.74, 6) is 0.696. The van der Waals surface area contributed by atoms with Gasteiger partial charge in [-0.2, -0.15) is 9.97 Å². The number of benzene rings is 1. The van der Waals surface area contributed by atoms with E-state index in [-0.39, 0.29) is 24.5 Å². The van der Waals surface area contributed by atoms with E-state index in [1.54, 1.807) is 18.5 Å². The Morgan fingerprint density at radius 3 is 2.55 bits per heavy atom. The van der Waals surface area contributed by atoms with Crippen molar-refractivity contribution in [2.24, 2.45) is 0 Å². The first-order valence-corrected chi connectivity index (χ1v) is 9.07. The molecule has 8 nitrogen and oxygen atoms in total. The Kier molecular flexibility index (Phi) is 4.65. The smallest absolute Gasteiger partial charge is 0.318 e. The molecule has 1 aliphatic rings. The van der Waals surface area contributed by atoms with Crippen LogP contribution in [0.1, 0.15) is 28.8 Å². The molecule has 0 radical (unpaired) electrons. The number of anilines is 2. The lowest BCUT2D eigenvalue weighted by molar-refractivity contribution is 0.379. The van der Waals surface area contributed by atoms with Gasteiger partial charge in [0, 0.05) is 43.2 Å². The third-order valence-electron chi connectivity index (χ3n) is 4.97. The first-order valence-electron chi connectivity index (χ1n) is 9.07. The van der Waals surface area contributed by atoms with Gasteiger partial charge >= 0.3 is 6.01 Å². The van der Waals surface area contributed by atoms with Gasteiger partial charge in [0.2, 0.25) is 0 Å². The van der Waals surface area contributed by atoms with Crippen LogP contribution in [0.15, 0.2) is 30.6 Å². The number of halogens is 1. The third-order valence-corrected chi connectivity index (χ3v) is 4.97. The van der Waals surface area contributed by atoms with Crippen LogP contribution in [0.2, 0.25) is 0 Å². The molecule has 4 rings (SSSR count). The summed E-state index contributed by atoms with van der Waals surface area (Å²) < 4.78 is 19.8. The van der Waals surface area contributed by atoms with Crippen molar-refractivity contribution in [3.05, 3.63) is 59.1 Å². The van der Waals surface area contributed by atoms with E-state index in [4.69, 9.17) is 4.74 Å². The molecule has 1 aliphatic heterocycles. The van der Waals surface area contributed by atoms with Gasteiger partial charge in [0.1, 0.15) is 29.2 Å². The molecular weight excluding hydrogens is 375 g/mol. The van der Waals surface area contributed by atoms with Crippen LogP contribution >= 0.6 is 0 Å². The van der Waals surface area contributed by atoms with Crippen molar-refractivity contribution in [1.29, 1.82) is 0 Å². The molecule has 150 valence electrons. The zero-order valence-corrected chi connectivity index (χ0v) is 16.6. The number of aryl methyl sites for hydroxylation is 2. The van der Waals surface area contributed by atoms with Crippen molar-refractivity contribution in [3.63, 3.8) is 0 Å². The van der Waals surface area contributed by atoms with Gasteiger partial charge in [0.05, 0.1) is 12.8 Å². The lowest BCUT2D eigenvalue weighted by atomic mass is 10.1. The summed E-state index contributed by atoms with van der Waals surface area (Å²) in [6.07, 6.45) is 3.21. The van der Waals surface area contributed by atoms with Gasteiger partial charge in [-0.05, 0) is 19.9 Å². The lowest BCUT2D eigenvalue weighted by Gasteiger charge is -2.30. The number of phenols is 1. The molecule has 0 amide bonds. The predicted molar refractivity (Wildman–Crippen MR) is 105 cm³/mol. The van der Waals surface area contributed by atoms with Gasteiger partial charge in [0.25, 0.3) is 0 Å². The normalized spacial score (nSPS) is 15.6. The number of phenolic OH excluding ortho intramolecular Hbond substituents is 1. The monoisotopic (exact) mass is 396 g/mol. The second kappa shape index (κ2) is 7.16. The van der Waals surface area contributed by atoms with Gasteiger partial charge in [-0.1, -0.05) is 6.07 Å². The number of rotatable bonds is 4. The summed E-state index contributed by atoms with van der Waals surface area (Å²) in [4.78, 5) is 21.5. The molecule has 1 N–H and O–H groups in total. The quantitative estimate of drug-likeness (QED) is 0.720. The molecule has 3 aromatic rings. The number of aromatic nitrogens is 4. The van der Waals surface area contributed by atoms with Gasteiger partial charge in [0.15, 0.2) is 5.82 Å². The summed E-state index contributed by atoms with van der Waals surface area (Å²) in [5.41, 5.74) is 2.85. The maximum Gasteiger partial charge on any atom is 0.318 e. The largest absolute Gasteiger partial charge is 0.508 e. The van der Waals surface area contributed by atoms with Gasteiger partial charge < -0.3 is 19.6 Å². The summed E-state index contributed by atoms with van der Waals surface area (Å²) >= 11 is 0. The van der Waals surface area contributed by atoms with Crippen LogP contribution in [0.3, 0.4) is 0 Å². The summed E-state index contributed by atoms with van der Waals surface area (Å²) in [6, 6.07) is 4.38. The van der Waals surface area contributed by atoms with Crippen LogP contribution in [0.5, 0.6) is 11.8 Å². The van der Waals surface area contributed by atoms with E-state index in [0.29, 0.717) is 17.2 Å². The van der Waals surface area contributed by atoms with Gasteiger partial charge in [-0.25, -0.2) is 14.4 Å². The van der Waals surface area contributed by atoms with Crippen LogP contribution in [0.4, 0.5) is 15.9 Å². The topological polar surface area (TPSA) is 87.5 Å². The van der Waals surface area contributed by atoms with Crippen LogP contribution < -0.4 is 14.5 Å². The zero-order chi connectivity index (χ0) is 20.7. The number of ether oxygens (including phenoxy) is 1. The second-order valence-corrected chi connectivity index (χ2v) is 6.92. The average molecular weight is 396 g/mol. The molecule has 1 atom stereocenters. The number of aromatic hydroxyl groups is 1. The molecule has 0 saturated carbocycles. The number of nitrogens with zero attached hydrogens (tertiary/aromatic N) is 6. The molecule has 1 unspecified atom stereocenters. The van der Waals surface area contributed by atoms with Crippen molar-refractivity contribution in [1.82, 2.24) is 19.9 Å². The van der Waals surface area contributed by atoms with E-state index in [9.17, 15) is 9.50 Å². The van der Waals surface area contributed by atoms with E-state index in [2.05, 4.69) is 19.9 Å².